The zero-order chi connectivity index (χ0) is 20.8. The van der Waals surface area contributed by atoms with Gasteiger partial charge in [-0.15, -0.1) is 0 Å². The first-order valence-electron chi connectivity index (χ1n) is 8.21. The fourth-order valence-corrected chi connectivity index (χ4v) is 1.80. The number of carbonyl (C=O) groups is 1. The molecule has 0 atom stereocenters. The van der Waals surface area contributed by atoms with Gasteiger partial charge in [-0.05, 0) is 25.1 Å². The number of nitrogens with zero attached hydrogens (tertiary/aromatic N) is 3. The van der Waals surface area contributed by atoms with Gasteiger partial charge in [0.05, 0.1) is 36.7 Å². The van der Waals surface area contributed by atoms with Gasteiger partial charge in [0, 0.05) is 25.0 Å². The van der Waals surface area contributed by atoms with Crippen LogP contribution in [-0.2, 0) is 15.7 Å². The number of ether oxygens (including phenoxy) is 1. The van der Waals surface area contributed by atoms with Crippen molar-refractivity contribution in [3.8, 4) is 6.07 Å². The summed E-state index contributed by atoms with van der Waals surface area (Å²) in [5, 5.41) is 14.1. The summed E-state index contributed by atoms with van der Waals surface area (Å²) >= 11 is 0. The van der Waals surface area contributed by atoms with Crippen molar-refractivity contribution >= 4 is 12.1 Å². The Morgan fingerprint density at radius 2 is 1.96 bits per heavy atom. The molecule has 1 aliphatic heterocycles. The molecule has 0 spiro atoms. The average molecular weight is 395 g/mol. The van der Waals surface area contributed by atoms with Crippen molar-refractivity contribution in [1.82, 2.24) is 15.3 Å². The molecule has 0 saturated carbocycles. The van der Waals surface area contributed by atoms with E-state index in [2.05, 4.69) is 20.6 Å². The lowest BCUT2D eigenvalue weighted by atomic mass is 10.2. The average Bonchev–Trinajstić information content (AvgIpc) is 2.70. The van der Waals surface area contributed by atoms with Crippen LogP contribution in [0.4, 0.5) is 18.9 Å². The number of anilines is 1. The van der Waals surface area contributed by atoms with Crippen molar-refractivity contribution < 1.29 is 22.7 Å². The van der Waals surface area contributed by atoms with Gasteiger partial charge in [0.25, 0.3) is 0 Å². The van der Waals surface area contributed by atoms with Gasteiger partial charge in [-0.25, -0.2) is 4.98 Å². The van der Waals surface area contributed by atoms with E-state index < -0.39 is 11.9 Å². The first kappa shape index (κ1) is 23.0. The molecule has 1 saturated heterocycles. The van der Waals surface area contributed by atoms with Crippen molar-refractivity contribution in [2.45, 2.75) is 13.1 Å². The molecule has 0 aliphatic carbocycles. The molecule has 10 heteroatoms. The van der Waals surface area contributed by atoms with Crippen molar-refractivity contribution in [2.75, 3.05) is 31.6 Å². The highest BCUT2D eigenvalue weighted by molar-refractivity contribution is 5.71. The lowest BCUT2D eigenvalue weighted by molar-refractivity contribution is -0.141. The summed E-state index contributed by atoms with van der Waals surface area (Å²) in [6.45, 7) is 5.41. The van der Waals surface area contributed by atoms with Crippen molar-refractivity contribution in [3.63, 3.8) is 0 Å². The number of alkyl halides is 3. The Labute approximate surface area is 160 Å². The second-order valence-corrected chi connectivity index (χ2v) is 5.36. The quantitative estimate of drug-likeness (QED) is 0.758. The van der Waals surface area contributed by atoms with Crippen LogP contribution in [0.5, 0.6) is 0 Å². The number of benzene rings is 1. The molecule has 1 fully saturated rings. The molecule has 28 heavy (non-hydrogen) atoms. The highest BCUT2D eigenvalue weighted by Crippen LogP contribution is 2.26. The third kappa shape index (κ3) is 9.61. The van der Waals surface area contributed by atoms with Crippen molar-refractivity contribution in [3.05, 3.63) is 53.6 Å². The molecule has 1 amide bonds. The standard InChI is InChI=1S/C8H6N2O.C6H5F3N2.C4H9NO/c9-5-7-2-1-3-8(4-7)10-6-11;1-4-2-11-5(3-10-4)6(7,8)9;1-3-6-4-2-5-1/h1-4,6H,(H,10,11);2-3H,1H3;5H,1-4H2. The third-order valence-electron chi connectivity index (χ3n) is 3.13. The minimum Gasteiger partial charge on any atom is -0.379 e. The van der Waals surface area contributed by atoms with E-state index in [9.17, 15) is 18.0 Å². The molecule has 1 aromatic carbocycles. The number of aromatic nitrogens is 2. The number of nitriles is 1. The monoisotopic (exact) mass is 395 g/mol. The summed E-state index contributed by atoms with van der Waals surface area (Å²) in [5.41, 5.74) is 0.692. The number of carbonyl (C=O) groups excluding carboxylic acids is 1. The van der Waals surface area contributed by atoms with E-state index in [0.717, 1.165) is 38.7 Å². The van der Waals surface area contributed by atoms with E-state index in [1.54, 1.807) is 31.2 Å². The van der Waals surface area contributed by atoms with Crippen LogP contribution in [0.1, 0.15) is 17.0 Å². The van der Waals surface area contributed by atoms with Gasteiger partial charge in [0.15, 0.2) is 5.69 Å². The van der Waals surface area contributed by atoms with Crippen LogP contribution < -0.4 is 10.6 Å². The van der Waals surface area contributed by atoms with Crippen molar-refractivity contribution in [2.24, 2.45) is 0 Å². The first-order chi connectivity index (χ1) is 13.4. The maximum Gasteiger partial charge on any atom is 0.434 e. The zero-order valence-corrected chi connectivity index (χ0v) is 15.2. The van der Waals surface area contributed by atoms with Gasteiger partial charge in [-0.3, -0.25) is 9.78 Å². The van der Waals surface area contributed by atoms with Crippen LogP contribution in [-0.4, -0.2) is 42.7 Å². The third-order valence-corrected chi connectivity index (χ3v) is 3.13. The number of aryl methyl sites for hydroxylation is 1. The minimum atomic E-state index is -4.39. The van der Waals surface area contributed by atoms with Gasteiger partial charge in [0.1, 0.15) is 0 Å². The lowest BCUT2D eigenvalue weighted by Gasteiger charge is -2.10. The second kappa shape index (κ2) is 12.4. The minimum absolute atomic E-state index is 0.470. The summed E-state index contributed by atoms with van der Waals surface area (Å²) < 4.78 is 40.5. The van der Waals surface area contributed by atoms with Crippen LogP contribution in [0.25, 0.3) is 0 Å². The number of halogens is 3. The predicted octanol–water partition coefficient (Wildman–Crippen LogP) is 2.54. The van der Waals surface area contributed by atoms with E-state index in [1.807, 2.05) is 6.07 Å². The van der Waals surface area contributed by atoms with Gasteiger partial charge in [0.2, 0.25) is 6.41 Å². The Hall–Kier alpha value is -3.03. The number of hydrogen-bond acceptors (Lipinski definition) is 6. The van der Waals surface area contributed by atoms with E-state index in [4.69, 9.17) is 10.00 Å². The van der Waals surface area contributed by atoms with Crippen LogP contribution in [0.2, 0.25) is 0 Å². The molecular formula is C18H20F3N5O2. The van der Waals surface area contributed by atoms with Gasteiger partial charge >= 0.3 is 6.18 Å². The molecule has 2 aromatic rings. The molecule has 2 N–H and O–H groups in total. The van der Waals surface area contributed by atoms with Crippen LogP contribution in [0.15, 0.2) is 36.7 Å². The number of rotatable bonds is 2. The maximum absolute atomic E-state index is 11.8. The Bertz CT molecular complexity index is 746. The topological polar surface area (TPSA) is 99.9 Å². The summed E-state index contributed by atoms with van der Waals surface area (Å²) in [6, 6.07) is 8.68. The van der Waals surface area contributed by atoms with E-state index in [1.165, 1.54) is 0 Å². The van der Waals surface area contributed by atoms with E-state index >= 15 is 0 Å². The maximum atomic E-state index is 11.8. The highest BCUT2D eigenvalue weighted by atomic mass is 19.4. The SMILES string of the molecule is C1COCCN1.Cc1cnc(C(F)(F)F)cn1.N#Cc1cccc(NC=O)c1. The predicted molar refractivity (Wildman–Crippen MR) is 96.3 cm³/mol. The van der Waals surface area contributed by atoms with E-state index in [0.29, 0.717) is 23.4 Å². The van der Waals surface area contributed by atoms with Crippen LogP contribution >= 0.6 is 0 Å². The van der Waals surface area contributed by atoms with Gasteiger partial charge in [-0.2, -0.15) is 18.4 Å². The molecule has 0 unspecified atom stereocenters. The summed E-state index contributed by atoms with van der Waals surface area (Å²) in [7, 11) is 0. The fourth-order valence-electron chi connectivity index (χ4n) is 1.80. The summed E-state index contributed by atoms with van der Waals surface area (Å²) in [6.07, 6.45) is -2.00. The molecule has 2 heterocycles. The number of nitrogens with one attached hydrogen (secondary N) is 2. The molecule has 0 radical (unpaired) electrons. The molecule has 3 rings (SSSR count). The molecule has 1 aromatic heterocycles. The number of morpholine rings is 1. The smallest absolute Gasteiger partial charge is 0.379 e. The Balaban J connectivity index is 0.000000219. The number of amides is 1. The summed E-state index contributed by atoms with van der Waals surface area (Å²) in [4.78, 5) is 16.6. The largest absolute Gasteiger partial charge is 0.434 e. The lowest BCUT2D eigenvalue weighted by Crippen LogP contribution is -2.30. The fraction of sp³-hybridized carbons (Fsp3) is 0.333. The normalized spacial score (nSPS) is 13.0. The summed E-state index contributed by atoms with van der Waals surface area (Å²) in [5.74, 6) is 0. The molecule has 150 valence electrons. The van der Waals surface area contributed by atoms with Gasteiger partial charge in [-0.1, -0.05) is 6.07 Å². The Kier molecular flexibility index (Phi) is 10.2. The van der Waals surface area contributed by atoms with Crippen molar-refractivity contribution in [1.29, 1.82) is 5.26 Å². The Morgan fingerprint density at radius 1 is 1.25 bits per heavy atom. The number of hydrogen-bond donors (Lipinski definition) is 2. The molecule has 0 bridgehead atoms. The van der Waals surface area contributed by atoms with Crippen LogP contribution in [0, 0.1) is 18.3 Å². The first-order valence-corrected chi connectivity index (χ1v) is 8.21. The van der Waals surface area contributed by atoms with Crippen LogP contribution in [0.3, 0.4) is 0 Å². The zero-order valence-electron chi connectivity index (χ0n) is 15.2. The second-order valence-electron chi connectivity index (χ2n) is 5.36. The Morgan fingerprint density at radius 3 is 2.39 bits per heavy atom. The van der Waals surface area contributed by atoms with Gasteiger partial charge < -0.3 is 15.4 Å². The molecular weight excluding hydrogens is 375 g/mol. The molecule has 1 aliphatic rings. The van der Waals surface area contributed by atoms with E-state index in [-0.39, 0.29) is 0 Å². The highest BCUT2D eigenvalue weighted by Gasteiger charge is 2.32. The molecule has 7 nitrogen and oxygen atoms in total.